The molecule has 0 spiro atoms. The second-order valence-corrected chi connectivity index (χ2v) is 5.76. The third-order valence-corrected chi connectivity index (χ3v) is 4.00. The fourth-order valence-corrected chi connectivity index (χ4v) is 2.69. The average Bonchev–Trinajstić information content (AvgIpc) is 2.90. The Hall–Kier alpha value is -2.23. The Morgan fingerprint density at radius 2 is 1.79 bits per heavy atom. The number of hydrogen-bond donors (Lipinski definition) is 1. The minimum absolute atomic E-state index is 0.143. The van der Waals surface area contributed by atoms with Crippen LogP contribution in [0.2, 0.25) is 0 Å². The van der Waals surface area contributed by atoms with Gasteiger partial charge in [-0.1, -0.05) is 0 Å². The summed E-state index contributed by atoms with van der Waals surface area (Å²) in [5.41, 5.74) is -2.79. The molecule has 0 aliphatic carbocycles. The van der Waals surface area contributed by atoms with E-state index in [0.717, 1.165) is 22.0 Å². The first-order valence-electron chi connectivity index (χ1n) is 6.96. The number of hydrazone groups is 1. The first-order valence-corrected chi connectivity index (χ1v) is 6.96. The van der Waals surface area contributed by atoms with Gasteiger partial charge in [0.05, 0.1) is 19.1 Å². The molecule has 5 nitrogen and oxygen atoms in total. The van der Waals surface area contributed by atoms with Crippen LogP contribution in [0.1, 0.15) is 18.0 Å². The van der Waals surface area contributed by atoms with Gasteiger partial charge < -0.3 is 10.0 Å². The Bertz CT molecular complexity index is 680. The Kier molecular flexibility index (Phi) is 3.74. The Morgan fingerprint density at radius 3 is 2.33 bits per heavy atom. The number of amides is 2. The highest BCUT2D eigenvalue weighted by Crippen LogP contribution is 2.39. The molecule has 1 N–H and O–H groups in total. The third kappa shape index (κ3) is 2.70. The molecular formula is C14H12F5N3O2. The summed E-state index contributed by atoms with van der Waals surface area (Å²) in [5.74, 6) is -1.67. The van der Waals surface area contributed by atoms with E-state index < -0.39 is 48.6 Å². The van der Waals surface area contributed by atoms with Crippen molar-refractivity contribution in [3.05, 3.63) is 35.4 Å². The summed E-state index contributed by atoms with van der Waals surface area (Å²) in [7, 11) is 0. The maximum absolute atomic E-state index is 13.3. The fraction of sp³-hybridized carbons (Fsp3) is 0.429. The largest absolute Gasteiger partial charge is 0.420 e. The van der Waals surface area contributed by atoms with Crippen molar-refractivity contribution in [3.63, 3.8) is 0 Å². The second kappa shape index (κ2) is 5.40. The van der Waals surface area contributed by atoms with Crippen LogP contribution in [0.25, 0.3) is 0 Å². The monoisotopic (exact) mass is 349 g/mol. The molecule has 2 amide bonds. The van der Waals surface area contributed by atoms with Gasteiger partial charge in [-0.3, -0.25) is 0 Å². The Labute approximate surface area is 133 Å². The number of halogens is 5. The summed E-state index contributed by atoms with van der Waals surface area (Å²) in [6.07, 6.45) is -3.34. The van der Waals surface area contributed by atoms with Crippen LogP contribution in [0.5, 0.6) is 0 Å². The van der Waals surface area contributed by atoms with Crippen molar-refractivity contribution < 1.29 is 31.9 Å². The molecule has 1 saturated heterocycles. The number of aliphatic hydroxyl groups is 1. The van der Waals surface area contributed by atoms with Gasteiger partial charge in [-0.25, -0.2) is 18.6 Å². The predicted molar refractivity (Wildman–Crippen MR) is 72.0 cm³/mol. The summed E-state index contributed by atoms with van der Waals surface area (Å²) in [6.45, 7) is -1.82. The number of urea groups is 1. The molecule has 0 bridgehead atoms. The number of carbonyl (C=O) groups is 1. The van der Waals surface area contributed by atoms with E-state index in [1.165, 1.54) is 6.21 Å². The van der Waals surface area contributed by atoms with Crippen LogP contribution >= 0.6 is 0 Å². The van der Waals surface area contributed by atoms with Gasteiger partial charge in [-0.2, -0.15) is 18.3 Å². The lowest BCUT2D eigenvalue weighted by Crippen LogP contribution is -2.71. The van der Waals surface area contributed by atoms with Crippen LogP contribution in [0.15, 0.2) is 23.3 Å². The number of likely N-dealkylation sites (tertiary alicyclic amines) is 1. The zero-order valence-corrected chi connectivity index (χ0v) is 12.1. The van der Waals surface area contributed by atoms with Gasteiger partial charge in [0.2, 0.25) is 0 Å². The number of alkyl halides is 3. The van der Waals surface area contributed by atoms with E-state index in [9.17, 15) is 31.9 Å². The molecular weight excluding hydrogens is 337 g/mol. The quantitative estimate of drug-likeness (QED) is 0.792. The van der Waals surface area contributed by atoms with Gasteiger partial charge in [0.25, 0.3) is 0 Å². The molecule has 2 heterocycles. The highest BCUT2D eigenvalue weighted by atomic mass is 19.4. The van der Waals surface area contributed by atoms with Gasteiger partial charge in [0.1, 0.15) is 11.6 Å². The van der Waals surface area contributed by atoms with Gasteiger partial charge in [0.15, 0.2) is 5.60 Å². The molecule has 0 saturated carbocycles. The van der Waals surface area contributed by atoms with Gasteiger partial charge in [0, 0.05) is 18.7 Å². The summed E-state index contributed by atoms with van der Waals surface area (Å²) in [4.78, 5) is 13.0. The van der Waals surface area contributed by atoms with Gasteiger partial charge >= 0.3 is 12.2 Å². The van der Waals surface area contributed by atoms with E-state index in [1.54, 1.807) is 0 Å². The Morgan fingerprint density at radius 1 is 1.21 bits per heavy atom. The molecule has 2 aliphatic rings. The Balaban J connectivity index is 1.75. The first kappa shape index (κ1) is 16.6. The fourth-order valence-electron chi connectivity index (χ4n) is 2.69. The maximum Gasteiger partial charge on any atom is 0.420 e. The zero-order chi connectivity index (χ0) is 17.7. The third-order valence-electron chi connectivity index (χ3n) is 4.00. The molecule has 1 aromatic rings. The average molecular weight is 349 g/mol. The number of rotatable bonds is 1. The smallest absolute Gasteiger partial charge is 0.378 e. The first-order chi connectivity index (χ1) is 11.1. The number of carbonyl (C=O) groups excluding carboxylic acids is 1. The molecule has 10 heteroatoms. The lowest BCUT2D eigenvalue weighted by atomic mass is 9.94. The number of benzene rings is 1. The lowest BCUT2D eigenvalue weighted by Gasteiger charge is -2.47. The van der Waals surface area contributed by atoms with Crippen LogP contribution < -0.4 is 0 Å². The summed E-state index contributed by atoms with van der Waals surface area (Å²) < 4.78 is 64.5. The van der Waals surface area contributed by atoms with Crippen LogP contribution in [-0.2, 0) is 0 Å². The highest BCUT2D eigenvalue weighted by Gasteiger charge is 2.62. The minimum atomic E-state index is -4.84. The van der Waals surface area contributed by atoms with Crippen molar-refractivity contribution in [2.24, 2.45) is 5.10 Å². The van der Waals surface area contributed by atoms with Crippen molar-refractivity contribution in [1.82, 2.24) is 9.91 Å². The maximum atomic E-state index is 13.3. The number of nitrogens with zero attached hydrogens (tertiary/aromatic N) is 3. The second-order valence-electron chi connectivity index (χ2n) is 5.76. The molecule has 0 radical (unpaired) electrons. The van der Waals surface area contributed by atoms with Crippen LogP contribution in [-0.4, -0.2) is 52.1 Å². The van der Waals surface area contributed by atoms with Crippen molar-refractivity contribution >= 4 is 12.2 Å². The normalized spacial score (nSPS) is 22.7. The van der Waals surface area contributed by atoms with E-state index >= 15 is 0 Å². The van der Waals surface area contributed by atoms with E-state index in [1.807, 2.05) is 0 Å². The molecule has 0 unspecified atom stereocenters. The lowest BCUT2D eigenvalue weighted by molar-refractivity contribution is -0.294. The number of β-amino-alcohol motifs (C(OH)–C–C–N with tert-alkyl or cyclic N) is 1. The van der Waals surface area contributed by atoms with Gasteiger partial charge in [-0.05, 0) is 17.7 Å². The molecule has 0 aromatic heterocycles. The summed E-state index contributed by atoms with van der Waals surface area (Å²) >= 11 is 0. The van der Waals surface area contributed by atoms with Crippen LogP contribution in [0.4, 0.5) is 26.7 Å². The van der Waals surface area contributed by atoms with Crippen molar-refractivity contribution in [1.29, 1.82) is 0 Å². The van der Waals surface area contributed by atoms with Crippen molar-refractivity contribution in [2.45, 2.75) is 24.2 Å². The van der Waals surface area contributed by atoms with E-state index in [2.05, 4.69) is 5.10 Å². The molecule has 1 aromatic carbocycles. The summed E-state index contributed by atoms with van der Waals surface area (Å²) in [5, 5.41) is 14.0. The molecule has 2 aliphatic heterocycles. The SMILES string of the molecule is O=C(N1CC(O)(C(F)(F)F)C1)N1N=CC[C@H]1c1cc(F)cc(F)c1. The van der Waals surface area contributed by atoms with Crippen molar-refractivity contribution in [3.8, 4) is 0 Å². The molecule has 130 valence electrons. The van der Waals surface area contributed by atoms with E-state index in [4.69, 9.17) is 0 Å². The van der Waals surface area contributed by atoms with Crippen molar-refractivity contribution in [2.75, 3.05) is 13.1 Å². The highest BCUT2D eigenvalue weighted by molar-refractivity contribution is 5.79. The zero-order valence-electron chi connectivity index (χ0n) is 12.1. The summed E-state index contributed by atoms with van der Waals surface area (Å²) in [6, 6.07) is 1.05. The standard InChI is InChI=1S/C14H12F5N3O2/c15-9-3-8(4-10(16)5-9)11-1-2-20-22(11)12(23)21-6-13(24,7-21)14(17,18)19/h2-5,11,24H,1,6-7H2/t11-/m0/s1. The van der Waals surface area contributed by atoms with Crippen LogP contribution in [0, 0.1) is 11.6 Å². The minimum Gasteiger partial charge on any atom is -0.378 e. The molecule has 24 heavy (non-hydrogen) atoms. The van der Waals surface area contributed by atoms with Crippen LogP contribution in [0.3, 0.4) is 0 Å². The topological polar surface area (TPSA) is 56.1 Å². The van der Waals surface area contributed by atoms with E-state index in [-0.39, 0.29) is 12.0 Å². The molecule has 3 rings (SSSR count). The molecule has 1 fully saturated rings. The number of hydrogen-bond acceptors (Lipinski definition) is 3. The predicted octanol–water partition coefficient (Wildman–Crippen LogP) is 2.43. The van der Waals surface area contributed by atoms with E-state index in [0.29, 0.717) is 6.07 Å². The molecule has 1 atom stereocenters. The van der Waals surface area contributed by atoms with Gasteiger partial charge in [-0.15, -0.1) is 0 Å².